The number of carboxylic acid groups (broad SMARTS) is 1. The predicted octanol–water partition coefficient (Wildman–Crippen LogP) is -0.310. The largest absolute Gasteiger partial charge is 0.480 e. The number of ether oxygens (including phenoxy) is 1. The Bertz CT molecular complexity index is 279. The van der Waals surface area contributed by atoms with Gasteiger partial charge in [0, 0.05) is 6.54 Å². The normalized spacial score (nSPS) is 17.4. The van der Waals surface area contributed by atoms with Crippen molar-refractivity contribution in [3.05, 3.63) is 0 Å². The van der Waals surface area contributed by atoms with E-state index in [1.165, 1.54) is 12.8 Å². The van der Waals surface area contributed by atoms with Crippen LogP contribution < -0.4 is 10.6 Å². The van der Waals surface area contributed by atoms with Gasteiger partial charge in [-0.3, -0.25) is 0 Å². The SMILES string of the molecule is O=C(NCCOC1CCCC1)N[C@H](CO)C(=O)O. The Kier molecular flexibility index (Phi) is 6.45. The van der Waals surface area contributed by atoms with Crippen LogP contribution in [0, 0.1) is 0 Å². The summed E-state index contributed by atoms with van der Waals surface area (Å²) in [5, 5.41) is 21.9. The van der Waals surface area contributed by atoms with Crippen LogP contribution in [0.2, 0.25) is 0 Å². The molecular weight excluding hydrogens is 240 g/mol. The second-order valence-corrected chi connectivity index (χ2v) is 4.25. The van der Waals surface area contributed by atoms with E-state index < -0.39 is 24.6 Å². The zero-order chi connectivity index (χ0) is 13.4. The monoisotopic (exact) mass is 260 g/mol. The third kappa shape index (κ3) is 5.33. The molecule has 1 aliphatic rings. The Labute approximate surface area is 106 Å². The van der Waals surface area contributed by atoms with E-state index in [1.54, 1.807) is 0 Å². The number of hydrogen-bond donors (Lipinski definition) is 4. The first-order valence-corrected chi connectivity index (χ1v) is 6.13. The minimum absolute atomic E-state index is 0.291. The zero-order valence-corrected chi connectivity index (χ0v) is 10.2. The highest BCUT2D eigenvalue weighted by Crippen LogP contribution is 2.20. The van der Waals surface area contributed by atoms with Crippen LogP contribution in [-0.2, 0) is 9.53 Å². The van der Waals surface area contributed by atoms with Gasteiger partial charge in [-0.2, -0.15) is 0 Å². The summed E-state index contributed by atoms with van der Waals surface area (Å²) in [5.41, 5.74) is 0. The topological polar surface area (TPSA) is 108 Å². The van der Waals surface area contributed by atoms with Crippen LogP contribution in [0.25, 0.3) is 0 Å². The van der Waals surface area contributed by atoms with Crippen molar-refractivity contribution in [1.82, 2.24) is 10.6 Å². The van der Waals surface area contributed by atoms with E-state index in [0.717, 1.165) is 12.8 Å². The highest BCUT2D eigenvalue weighted by atomic mass is 16.5. The number of hydrogen-bond acceptors (Lipinski definition) is 4. The summed E-state index contributed by atoms with van der Waals surface area (Å²) < 4.78 is 5.52. The fourth-order valence-corrected chi connectivity index (χ4v) is 1.84. The fraction of sp³-hybridized carbons (Fsp3) is 0.818. The molecule has 7 heteroatoms. The number of aliphatic hydroxyl groups excluding tert-OH is 1. The van der Waals surface area contributed by atoms with Gasteiger partial charge in [0.25, 0.3) is 0 Å². The highest BCUT2D eigenvalue weighted by molar-refractivity contribution is 5.82. The standard InChI is InChI=1S/C11H20N2O5/c14-7-9(10(15)16)13-11(17)12-5-6-18-8-3-1-2-4-8/h8-9,14H,1-7H2,(H,15,16)(H2,12,13,17)/t9-/m1/s1. The number of carbonyl (C=O) groups is 2. The Hall–Kier alpha value is -1.34. The second kappa shape index (κ2) is 7.88. The fourth-order valence-electron chi connectivity index (χ4n) is 1.84. The summed E-state index contributed by atoms with van der Waals surface area (Å²) in [4.78, 5) is 21.8. The average molecular weight is 260 g/mol. The number of aliphatic hydroxyl groups is 1. The second-order valence-electron chi connectivity index (χ2n) is 4.25. The maximum Gasteiger partial charge on any atom is 0.328 e. The molecule has 0 bridgehead atoms. The number of rotatable bonds is 7. The zero-order valence-electron chi connectivity index (χ0n) is 10.2. The van der Waals surface area contributed by atoms with Gasteiger partial charge in [-0.05, 0) is 12.8 Å². The van der Waals surface area contributed by atoms with Crippen LogP contribution in [0.15, 0.2) is 0 Å². The van der Waals surface area contributed by atoms with Crippen molar-refractivity contribution in [2.45, 2.75) is 37.8 Å². The highest BCUT2D eigenvalue weighted by Gasteiger charge is 2.18. The molecule has 0 heterocycles. The van der Waals surface area contributed by atoms with Crippen molar-refractivity contribution in [3.8, 4) is 0 Å². The van der Waals surface area contributed by atoms with E-state index >= 15 is 0 Å². The average Bonchev–Trinajstić information content (AvgIpc) is 2.84. The lowest BCUT2D eigenvalue weighted by atomic mass is 10.3. The molecule has 0 radical (unpaired) electrons. The molecule has 1 aliphatic carbocycles. The first-order valence-electron chi connectivity index (χ1n) is 6.13. The van der Waals surface area contributed by atoms with E-state index in [0.29, 0.717) is 19.3 Å². The molecule has 0 spiro atoms. The third-order valence-corrected chi connectivity index (χ3v) is 2.83. The predicted molar refractivity (Wildman–Crippen MR) is 63.3 cm³/mol. The minimum Gasteiger partial charge on any atom is -0.480 e. The Morgan fingerprint density at radius 2 is 2.00 bits per heavy atom. The van der Waals surface area contributed by atoms with Gasteiger partial charge in [-0.15, -0.1) is 0 Å². The van der Waals surface area contributed by atoms with Crippen LogP contribution in [0.4, 0.5) is 4.79 Å². The Balaban J connectivity index is 2.07. The molecule has 0 aromatic rings. The van der Waals surface area contributed by atoms with Crippen molar-refractivity contribution < 1.29 is 24.5 Å². The van der Waals surface area contributed by atoms with Gasteiger partial charge >= 0.3 is 12.0 Å². The van der Waals surface area contributed by atoms with Crippen LogP contribution in [0.5, 0.6) is 0 Å². The molecule has 2 amide bonds. The van der Waals surface area contributed by atoms with Crippen LogP contribution in [0.3, 0.4) is 0 Å². The number of aliphatic carboxylic acids is 1. The summed E-state index contributed by atoms with van der Waals surface area (Å²) in [6.45, 7) is 0.0936. The molecule has 0 aliphatic heterocycles. The molecule has 4 N–H and O–H groups in total. The molecule has 1 saturated carbocycles. The minimum atomic E-state index is -1.28. The van der Waals surface area contributed by atoms with Crippen molar-refractivity contribution in [2.75, 3.05) is 19.8 Å². The van der Waals surface area contributed by atoms with Crippen LogP contribution in [-0.4, -0.2) is 54.1 Å². The Morgan fingerprint density at radius 3 is 2.56 bits per heavy atom. The molecule has 7 nitrogen and oxygen atoms in total. The number of nitrogens with one attached hydrogen (secondary N) is 2. The third-order valence-electron chi connectivity index (χ3n) is 2.83. The van der Waals surface area contributed by atoms with E-state index in [1.807, 2.05) is 0 Å². The maximum atomic E-state index is 11.3. The summed E-state index contributed by atoms with van der Waals surface area (Å²) in [7, 11) is 0. The van der Waals surface area contributed by atoms with Crippen LogP contribution in [0.1, 0.15) is 25.7 Å². The van der Waals surface area contributed by atoms with Crippen molar-refractivity contribution in [2.24, 2.45) is 0 Å². The lowest BCUT2D eigenvalue weighted by Crippen LogP contribution is -2.48. The molecule has 0 aromatic heterocycles. The van der Waals surface area contributed by atoms with E-state index in [-0.39, 0.29) is 0 Å². The lowest BCUT2D eigenvalue weighted by Gasteiger charge is -2.14. The smallest absolute Gasteiger partial charge is 0.328 e. The van der Waals surface area contributed by atoms with Gasteiger partial charge in [0.2, 0.25) is 0 Å². The summed E-state index contributed by atoms with van der Waals surface area (Å²) in [6.07, 6.45) is 4.81. The number of carbonyl (C=O) groups excluding carboxylic acids is 1. The van der Waals surface area contributed by atoms with Gasteiger partial charge in [-0.25, -0.2) is 9.59 Å². The molecule has 1 atom stereocenters. The number of urea groups is 1. The van der Waals surface area contributed by atoms with Gasteiger partial charge in [-0.1, -0.05) is 12.8 Å². The summed E-state index contributed by atoms with van der Waals surface area (Å²) in [5.74, 6) is -1.27. The lowest BCUT2D eigenvalue weighted by molar-refractivity contribution is -0.140. The first kappa shape index (κ1) is 14.7. The van der Waals surface area contributed by atoms with Gasteiger partial charge in [0.1, 0.15) is 0 Å². The number of amides is 2. The van der Waals surface area contributed by atoms with Gasteiger partial charge < -0.3 is 25.6 Å². The van der Waals surface area contributed by atoms with Gasteiger partial charge in [0.15, 0.2) is 6.04 Å². The van der Waals surface area contributed by atoms with Gasteiger partial charge in [0.05, 0.1) is 19.3 Å². The maximum absolute atomic E-state index is 11.3. The van der Waals surface area contributed by atoms with E-state index in [2.05, 4.69) is 10.6 Å². The molecule has 1 rings (SSSR count). The molecule has 0 saturated heterocycles. The van der Waals surface area contributed by atoms with Crippen molar-refractivity contribution in [3.63, 3.8) is 0 Å². The van der Waals surface area contributed by atoms with Crippen molar-refractivity contribution >= 4 is 12.0 Å². The molecule has 0 unspecified atom stereocenters. The quantitative estimate of drug-likeness (QED) is 0.470. The van der Waals surface area contributed by atoms with Crippen LogP contribution >= 0.6 is 0 Å². The molecule has 1 fully saturated rings. The summed E-state index contributed by atoms with van der Waals surface area (Å²) in [6, 6.07) is -1.90. The molecule has 18 heavy (non-hydrogen) atoms. The molecule has 104 valence electrons. The number of carboxylic acids is 1. The van der Waals surface area contributed by atoms with Crippen molar-refractivity contribution in [1.29, 1.82) is 0 Å². The molecule has 0 aromatic carbocycles. The molecular formula is C11H20N2O5. The Morgan fingerprint density at radius 1 is 1.33 bits per heavy atom. The first-order chi connectivity index (χ1) is 8.63. The van der Waals surface area contributed by atoms with E-state index in [9.17, 15) is 9.59 Å². The van der Waals surface area contributed by atoms with E-state index in [4.69, 9.17) is 14.9 Å². The summed E-state index contributed by atoms with van der Waals surface area (Å²) >= 11 is 0.